The van der Waals surface area contributed by atoms with Gasteiger partial charge in [0.2, 0.25) is 21.8 Å². The lowest BCUT2D eigenvalue weighted by atomic mass is 10.0. The number of halogens is 4. The lowest BCUT2D eigenvalue weighted by Gasteiger charge is -2.33. The molecule has 0 bridgehead atoms. The fraction of sp³-hybridized carbons (Fsp3) is 0.481. The lowest BCUT2D eigenvalue weighted by Crippen LogP contribution is -2.48. The second-order valence-corrected chi connectivity index (χ2v) is 12.2. The van der Waals surface area contributed by atoms with Crippen LogP contribution in [0.4, 0.5) is 23.2 Å². The highest BCUT2D eigenvalue weighted by Gasteiger charge is 2.34. The molecule has 0 radical (unpaired) electrons. The molecule has 226 valence electrons. The summed E-state index contributed by atoms with van der Waals surface area (Å²) in [6, 6.07) is 8.10. The van der Waals surface area contributed by atoms with Gasteiger partial charge in [-0.1, -0.05) is 6.92 Å². The number of amides is 2. The van der Waals surface area contributed by atoms with Crippen LogP contribution in [0, 0.1) is 11.7 Å². The van der Waals surface area contributed by atoms with Crippen LogP contribution in [0.5, 0.6) is 5.75 Å². The summed E-state index contributed by atoms with van der Waals surface area (Å²) < 4.78 is 84.5. The Balaban J connectivity index is 1.92. The third-order valence-corrected chi connectivity index (χ3v) is 8.63. The van der Waals surface area contributed by atoms with Gasteiger partial charge in [0, 0.05) is 37.2 Å². The van der Waals surface area contributed by atoms with Crippen LogP contribution in [-0.2, 0) is 26.0 Å². The predicted molar refractivity (Wildman–Crippen MR) is 142 cm³/mol. The number of aliphatic hydroxyl groups is 1. The summed E-state index contributed by atoms with van der Waals surface area (Å²) in [6.45, 7) is 3.08. The summed E-state index contributed by atoms with van der Waals surface area (Å²) in [5, 5.41) is 12.2. The van der Waals surface area contributed by atoms with Crippen LogP contribution in [0.2, 0.25) is 0 Å². The SMILES string of the molecule is C[C@@H]1CN([C@@H](C)CO)C(=O)Cc2cc(NC(=O)CCC(F)(F)F)ccc2O[C@H]1CN(C)S(=O)(=O)c1ccc(F)cc1. The number of aliphatic hydroxyl groups excluding tert-OH is 1. The Labute approximate surface area is 236 Å². The average molecular weight is 604 g/mol. The van der Waals surface area contributed by atoms with Crippen LogP contribution >= 0.6 is 0 Å². The summed E-state index contributed by atoms with van der Waals surface area (Å²) in [5.41, 5.74) is 0.482. The summed E-state index contributed by atoms with van der Waals surface area (Å²) in [6.07, 6.45) is -7.53. The van der Waals surface area contributed by atoms with E-state index in [4.69, 9.17) is 4.74 Å². The minimum Gasteiger partial charge on any atom is -0.488 e. The summed E-state index contributed by atoms with van der Waals surface area (Å²) >= 11 is 0. The molecule has 0 saturated heterocycles. The van der Waals surface area contributed by atoms with E-state index in [2.05, 4.69) is 5.32 Å². The summed E-state index contributed by atoms with van der Waals surface area (Å²) in [4.78, 5) is 26.7. The fourth-order valence-electron chi connectivity index (χ4n) is 4.34. The van der Waals surface area contributed by atoms with Gasteiger partial charge in [0.15, 0.2) is 0 Å². The van der Waals surface area contributed by atoms with Gasteiger partial charge in [-0.3, -0.25) is 9.59 Å². The zero-order valence-corrected chi connectivity index (χ0v) is 23.6. The second kappa shape index (κ2) is 13.2. The Kier molecular flexibility index (Phi) is 10.4. The van der Waals surface area contributed by atoms with Crippen molar-refractivity contribution in [1.82, 2.24) is 9.21 Å². The number of hydrogen-bond acceptors (Lipinski definition) is 6. The number of rotatable bonds is 9. The number of likely N-dealkylation sites (N-methyl/N-ethyl adjacent to an activating group) is 1. The third-order valence-electron chi connectivity index (χ3n) is 6.79. The molecule has 0 saturated carbocycles. The molecule has 0 unspecified atom stereocenters. The standard InChI is InChI=1S/C27H33F4N3O6S/c1-17-14-34(18(2)16-35)26(37)13-19-12-21(32-25(36)10-11-27(29,30)31)6-9-23(19)40-24(17)15-33(3)41(38,39)22-7-4-20(28)5-8-22/h4-9,12,17-18,24,35H,10-11,13-16H2,1-3H3,(H,32,36)/t17-,18+,24+/m1/s1. The molecule has 2 aromatic rings. The first-order valence-corrected chi connectivity index (χ1v) is 14.3. The maximum atomic E-state index is 13.4. The molecule has 1 aliphatic rings. The largest absolute Gasteiger partial charge is 0.488 e. The molecule has 0 spiro atoms. The summed E-state index contributed by atoms with van der Waals surface area (Å²) in [5.74, 6) is -2.00. The molecule has 2 N–H and O–H groups in total. The molecule has 2 amide bonds. The van der Waals surface area contributed by atoms with E-state index in [-0.39, 0.29) is 48.4 Å². The van der Waals surface area contributed by atoms with Crippen LogP contribution < -0.4 is 10.1 Å². The molecule has 1 aliphatic heterocycles. The molecule has 2 aromatic carbocycles. The first-order chi connectivity index (χ1) is 19.1. The number of anilines is 1. The highest BCUT2D eigenvalue weighted by atomic mass is 32.2. The Morgan fingerprint density at radius 3 is 2.49 bits per heavy atom. The highest BCUT2D eigenvalue weighted by molar-refractivity contribution is 7.89. The van der Waals surface area contributed by atoms with Crippen LogP contribution in [-0.4, -0.2) is 79.6 Å². The molecule has 1 heterocycles. The number of carbonyl (C=O) groups excluding carboxylic acids is 2. The van der Waals surface area contributed by atoms with E-state index in [0.29, 0.717) is 5.56 Å². The molecule has 0 aliphatic carbocycles. The molecule has 14 heteroatoms. The van der Waals surface area contributed by atoms with E-state index in [1.54, 1.807) is 13.8 Å². The van der Waals surface area contributed by atoms with Gasteiger partial charge in [-0.15, -0.1) is 0 Å². The number of benzene rings is 2. The van der Waals surface area contributed by atoms with Gasteiger partial charge in [-0.2, -0.15) is 17.5 Å². The monoisotopic (exact) mass is 603 g/mol. The smallest absolute Gasteiger partial charge is 0.389 e. The topological polar surface area (TPSA) is 116 Å². The molecule has 0 fully saturated rings. The molecule has 0 aromatic heterocycles. The number of ether oxygens (including phenoxy) is 1. The third kappa shape index (κ3) is 8.63. The minimum absolute atomic E-state index is 0.117. The van der Waals surface area contributed by atoms with Crippen molar-refractivity contribution in [3.05, 3.63) is 53.8 Å². The Hall–Kier alpha value is -3.23. The maximum absolute atomic E-state index is 13.4. The van der Waals surface area contributed by atoms with Crippen LogP contribution in [0.3, 0.4) is 0 Å². The van der Waals surface area contributed by atoms with Crippen molar-refractivity contribution >= 4 is 27.5 Å². The molecule has 3 rings (SSSR count). The van der Waals surface area contributed by atoms with Crippen molar-refractivity contribution in [1.29, 1.82) is 0 Å². The van der Waals surface area contributed by atoms with Gasteiger partial charge < -0.3 is 20.1 Å². The number of nitrogens with zero attached hydrogens (tertiary/aromatic N) is 2. The Morgan fingerprint density at radius 1 is 1.22 bits per heavy atom. The average Bonchev–Trinajstić information content (AvgIpc) is 2.94. The van der Waals surface area contributed by atoms with Gasteiger partial charge in [0.25, 0.3) is 0 Å². The van der Waals surface area contributed by atoms with Gasteiger partial charge in [0.05, 0.1) is 36.9 Å². The van der Waals surface area contributed by atoms with Crippen molar-refractivity contribution in [2.24, 2.45) is 5.92 Å². The fourth-order valence-corrected chi connectivity index (χ4v) is 5.53. The number of fused-ring (bicyclic) bond motifs is 1. The van der Waals surface area contributed by atoms with Crippen molar-refractivity contribution in [2.75, 3.05) is 32.1 Å². The van der Waals surface area contributed by atoms with Crippen LogP contribution in [0.15, 0.2) is 47.4 Å². The van der Waals surface area contributed by atoms with Crippen molar-refractivity contribution in [3.63, 3.8) is 0 Å². The normalized spacial score (nSPS) is 19.0. The van der Waals surface area contributed by atoms with Crippen LogP contribution in [0.1, 0.15) is 32.3 Å². The molecule has 9 nitrogen and oxygen atoms in total. The van der Waals surface area contributed by atoms with Gasteiger partial charge >= 0.3 is 6.18 Å². The van der Waals surface area contributed by atoms with Crippen molar-refractivity contribution in [3.8, 4) is 5.75 Å². The van der Waals surface area contributed by atoms with Gasteiger partial charge in [-0.25, -0.2) is 12.8 Å². The Morgan fingerprint density at radius 2 is 1.88 bits per heavy atom. The number of carbonyl (C=O) groups is 2. The van der Waals surface area contributed by atoms with Crippen molar-refractivity contribution in [2.45, 2.75) is 56.3 Å². The number of nitrogens with one attached hydrogen (secondary N) is 1. The van der Waals surface area contributed by atoms with E-state index in [1.165, 1.54) is 30.1 Å². The summed E-state index contributed by atoms with van der Waals surface area (Å²) in [7, 11) is -2.68. The molecular weight excluding hydrogens is 570 g/mol. The predicted octanol–water partition coefficient (Wildman–Crippen LogP) is 3.58. The number of alkyl halides is 3. The zero-order chi connectivity index (χ0) is 30.5. The minimum atomic E-state index is -4.49. The van der Waals surface area contributed by atoms with E-state index >= 15 is 0 Å². The number of hydrogen-bond donors (Lipinski definition) is 2. The van der Waals surface area contributed by atoms with E-state index in [1.807, 2.05) is 0 Å². The Bertz CT molecular complexity index is 1340. The van der Waals surface area contributed by atoms with E-state index < -0.39 is 58.8 Å². The highest BCUT2D eigenvalue weighted by Crippen LogP contribution is 2.30. The number of sulfonamides is 1. The molecular formula is C27H33F4N3O6S. The quantitative estimate of drug-likeness (QED) is 0.424. The van der Waals surface area contributed by atoms with E-state index in [9.17, 15) is 40.7 Å². The van der Waals surface area contributed by atoms with E-state index in [0.717, 1.165) is 28.6 Å². The van der Waals surface area contributed by atoms with Crippen LogP contribution in [0.25, 0.3) is 0 Å². The van der Waals surface area contributed by atoms with Crippen molar-refractivity contribution < 1.29 is 45.4 Å². The maximum Gasteiger partial charge on any atom is 0.389 e. The van der Waals surface area contributed by atoms with Gasteiger partial charge in [-0.05, 0) is 49.4 Å². The zero-order valence-electron chi connectivity index (χ0n) is 22.8. The molecule has 3 atom stereocenters. The second-order valence-electron chi connectivity index (χ2n) is 10.1. The van der Waals surface area contributed by atoms with Gasteiger partial charge in [0.1, 0.15) is 17.7 Å². The lowest BCUT2D eigenvalue weighted by molar-refractivity contribution is -0.142. The first kappa shape index (κ1) is 32.3. The molecule has 41 heavy (non-hydrogen) atoms. The first-order valence-electron chi connectivity index (χ1n) is 12.9.